The van der Waals surface area contributed by atoms with Crippen molar-refractivity contribution in [2.45, 2.75) is 20.0 Å². The van der Waals surface area contributed by atoms with Crippen LogP contribution in [-0.4, -0.2) is 21.4 Å². The van der Waals surface area contributed by atoms with Gasteiger partial charge in [0.2, 0.25) is 0 Å². The lowest BCUT2D eigenvalue weighted by atomic mass is 10.3. The molecule has 1 aliphatic rings. The first-order valence-corrected chi connectivity index (χ1v) is 3.75. The van der Waals surface area contributed by atoms with Gasteiger partial charge >= 0.3 is 0 Å². The van der Waals surface area contributed by atoms with Gasteiger partial charge in [0.05, 0.1) is 12.2 Å². The third kappa shape index (κ3) is 0.903. The van der Waals surface area contributed by atoms with Crippen molar-refractivity contribution in [3.63, 3.8) is 0 Å². The topological polar surface area (TPSA) is 50.1 Å². The van der Waals surface area contributed by atoms with Gasteiger partial charge in [-0.2, -0.15) is 5.10 Å². The van der Waals surface area contributed by atoms with Crippen molar-refractivity contribution >= 4 is 0 Å². The maximum Gasteiger partial charge on any atom is 0.161 e. The zero-order chi connectivity index (χ0) is 7.84. The molecule has 0 atom stereocenters. The number of nitrogens with one attached hydrogen (secondary N) is 1. The van der Waals surface area contributed by atoms with Gasteiger partial charge in [-0.15, -0.1) is 0 Å². The molecule has 0 saturated heterocycles. The second kappa shape index (κ2) is 2.23. The molecule has 0 aromatic carbocycles. The van der Waals surface area contributed by atoms with E-state index in [-0.39, 0.29) is 0 Å². The van der Waals surface area contributed by atoms with Gasteiger partial charge in [-0.1, -0.05) is 0 Å². The van der Waals surface area contributed by atoms with Gasteiger partial charge in [0.15, 0.2) is 5.75 Å². The van der Waals surface area contributed by atoms with Crippen molar-refractivity contribution in [1.82, 2.24) is 15.1 Å². The summed E-state index contributed by atoms with van der Waals surface area (Å²) in [7, 11) is 0. The number of hydrogen-bond donors (Lipinski definition) is 2. The molecule has 0 fully saturated rings. The minimum Gasteiger partial charge on any atom is -0.504 e. The lowest BCUT2D eigenvalue weighted by molar-refractivity contribution is 0.432. The lowest BCUT2D eigenvalue weighted by Gasteiger charge is -2.14. The minimum atomic E-state index is 0.345. The molecular formula is C7H11N3O. The van der Waals surface area contributed by atoms with Crippen LogP contribution in [0.1, 0.15) is 11.4 Å². The number of nitrogens with zero attached hydrogens (tertiary/aromatic N) is 2. The molecule has 0 unspecified atom stereocenters. The Kier molecular flexibility index (Phi) is 1.35. The number of rotatable bonds is 0. The molecule has 0 amide bonds. The van der Waals surface area contributed by atoms with E-state index >= 15 is 0 Å². The molecule has 0 bridgehead atoms. The molecule has 0 spiro atoms. The molecule has 2 rings (SSSR count). The van der Waals surface area contributed by atoms with Crippen molar-refractivity contribution < 1.29 is 5.11 Å². The highest BCUT2D eigenvalue weighted by atomic mass is 16.3. The Hall–Kier alpha value is -1.03. The summed E-state index contributed by atoms with van der Waals surface area (Å²) in [5, 5.41) is 16.8. The minimum absolute atomic E-state index is 0.345. The highest BCUT2D eigenvalue weighted by Gasteiger charge is 2.16. The first-order valence-electron chi connectivity index (χ1n) is 3.75. The Morgan fingerprint density at radius 1 is 1.64 bits per heavy atom. The molecule has 0 saturated carbocycles. The number of aromatic hydroxyl groups is 1. The van der Waals surface area contributed by atoms with Gasteiger partial charge in [-0.3, -0.25) is 4.68 Å². The number of aryl methyl sites for hydroxylation is 1. The number of fused-ring (bicyclic) bond motifs is 1. The average molecular weight is 153 g/mol. The predicted molar refractivity (Wildman–Crippen MR) is 40.3 cm³/mol. The summed E-state index contributed by atoms with van der Waals surface area (Å²) in [5.41, 5.74) is 1.64. The zero-order valence-corrected chi connectivity index (χ0v) is 6.46. The highest BCUT2D eigenvalue weighted by Crippen LogP contribution is 2.22. The summed E-state index contributed by atoms with van der Waals surface area (Å²) >= 11 is 0. The average Bonchev–Trinajstić information content (AvgIpc) is 2.30. The summed E-state index contributed by atoms with van der Waals surface area (Å²) in [6.07, 6.45) is 0. The van der Waals surface area contributed by atoms with E-state index in [0.29, 0.717) is 5.75 Å². The molecule has 1 aromatic heterocycles. The van der Waals surface area contributed by atoms with Crippen LogP contribution < -0.4 is 5.32 Å². The summed E-state index contributed by atoms with van der Waals surface area (Å²) < 4.78 is 1.86. The van der Waals surface area contributed by atoms with Crippen LogP contribution in [0.3, 0.4) is 0 Å². The molecule has 0 radical (unpaired) electrons. The van der Waals surface area contributed by atoms with Gasteiger partial charge in [-0.05, 0) is 6.92 Å². The van der Waals surface area contributed by atoms with Crippen LogP contribution in [0.25, 0.3) is 0 Å². The van der Waals surface area contributed by atoms with Crippen LogP contribution in [0.15, 0.2) is 0 Å². The Bertz CT molecular complexity index is 279. The van der Waals surface area contributed by atoms with Gasteiger partial charge in [-0.25, -0.2) is 0 Å². The molecule has 2 N–H and O–H groups in total. The summed E-state index contributed by atoms with van der Waals surface area (Å²) in [6, 6.07) is 0. The van der Waals surface area contributed by atoms with Crippen LogP contribution in [0, 0.1) is 6.92 Å². The van der Waals surface area contributed by atoms with Gasteiger partial charge < -0.3 is 10.4 Å². The highest BCUT2D eigenvalue weighted by molar-refractivity contribution is 5.31. The third-order valence-corrected chi connectivity index (χ3v) is 1.99. The van der Waals surface area contributed by atoms with E-state index in [1.807, 2.05) is 11.6 Å². The fourth-order valence-electron chi connectivity index (χ4n) is 1.37. The summed E-state index contributed by atoms with van der Waals surface area (Å²) in [4.78, 5) is 0. The maximum absolute atomic E-state index is 9.46. The normalized spacial score (nSPS) is 16.5. The molecular weight excluding hydrogens is 142 g/mol. The lowest BCUT2D eigenvalue weighted by Crippen LogP contribution is -2.28. The van der Waals surface area contributed by atoms with Crippen LogP contribution in [-0.2, 0) is 13.1 Å². The van der Waals surface area contributed by atoms with Gasteiger partial charge in [0.1, 0.15) is 5.69 Å². The Balaban J connectivity index is 2.50. The quantitative estimate of drug-likeness (QED) is 0.551. The van der Waals surface area contributed by atoms with E-state index in [1.165, 1.54) is 0 Å². The van der Waals surface area contributed by atoms with Crippen molar-refractivity contribution in [2.75, 3.05) is 6.54 Å². The first-order chi connectivity index (χ1) is 5.29. The second-order valence-corrected chi connectivity index (χ2v) is 2.78. The van der Waals surface area contributed by atoms with E-state index in [4.69, 9.17) is 0 Å². The van der Waals surface area contributed by atoms with Crippen LogP contribution in [0.4, 0.5) is 0 Å². The molecule has 11 heavy (non-hydrogen) atoms. The predicted octanol–water partition coefficient (Wildman–Crippen LogP) is 0.000320. The van der Waals surface area contributed by atoms with Gasteiger partial charge in [0, 0.05) is 13.1 Å². The molecule has 60 valence electrons. The molecule has 2 heterocycles. The van der Waals surface area contributed by atoms with Crippen molar-refractivity contribution in [3.8, 4) is 5.75 Å². The van der Waals surface area contributed by atoms with E-state index in [2.05, 4.69) is 10.4 Å². The van der Waals surface area contributed by atoms with Crippen molar-refractivity contribution in [2.24, 2.45) is 0 Å². The molecule has 4 nitrogen and oxygen atoms in total. The molecule has 1 aromatic rings. The Labute approximate surface area is 64.8 Å². The first kappa shape index (κ1) is 6.67. The smallest absolute Gasteiger partial charge is 0.161 e. The van der Waals surface area contributed by atoms with E-state index in [0.717, 1.165) is 31.0 Å². The molecule has 0 aliphatic carbocycles. The second-order valence-electron chi connectivity index (χ2n) is 2.78. The summed E-state index contributed by atoms with van der Waals surface area (Å²) in [6.45, 7) is 4.34. The molecule has 4 heteroatoms. The van der Waals surface area contributed by atoms with Crippen molar-refractivity contribution in [3.05, 3.63) is 11.4 Å². The monoisotopic (exact) mass is 153 g/mol. The van der Waals surface area contributed by atoms with Gasteiger partial charge in [0.25, 0.3) is 0 Å². The van der Waals surface area contributed by atoms with E-state index < -0.39 is 0 Å². The van der Waals surface area contributed by atoms with Crippen LogP contribution in [0.5, 0.6) is 5.75 Å². The fraction of sp³-hybridized carbons (Fsp3) is 0.571. The van der Waals surface area contributed by atoms with E-state index in [9.17, 15) is 5.11 Å². The number of aromatic nitrogens is 2. The fourth-order valence-corrected chi connectivity index (χ4v) is 1.37. The number of hydrogen-bond acceptors (Lipinski definition) is 3. The van der Waals surface area contributed by atoms with Crippen LogP contribution >= 0.6 is 0 Å². The van der Waals surface area contributed by atoms with Crippen molar-refractivity contribution in [1.29, 1.82) is 0 Å². The van der Waals surface area contributed by atoms with Crippen LogP contribution in [0.2, 0.25) is 0 Å². The maximum atomic E-state index is 9.46. The largest absolute Gasteiger partial charge is 0.504 e. The zero-order valence-electron chi connectivity index (χ0n) is 6.46. The SMILES string of the molecule is Cc1nn2c(c1O)CNCC2. The third-order valence-electron chi connectivity index (χ3n) is 1.99. The Morgan fingerprint density at radius 3 is 3.18 bits per heavy atom. The van der Waals surface area contributed by atoms with E-state index in [1.54, 1.807) is 0 Å². The Morgan fingerprint density at radius 2 is 2.45 bits per heavy atom. The standard InChI is InChI=1S/C7H11N3O/c1-5-7(11)6-4-8-2-3-10(6)9-5/h8,11H,2-4H2,1H3. The summed E-state index contributed by atoms with van der Waals surface area (Å²) in [5.74, 6) is 0.345. The molecule has 1 aliphatic heterocycles.